The highest BCUT2D eigenvalue weighted by molar-refractivity contribution is 5.87. The molecule has 0 bridgehead atoms. The third kappa shape index (κ3) is 2.60. The van der Waals surface area contributed by atoms with Gasteiger partial charge in [0.15, 0.2) is 6.61 Å². The minimum atomic E-state index is -4.49. The number of rotatable bonds is 3. The second-order valence-corrected chi connectivity index (χ2v) is 3.03. The summed E-state index contributed by atoms with van der Waals surface area (Å²) >= 11 is 0. The molecular weight excluding hydrogens is 201 g/mol. The van der Waals surface area contributed by atoms with Crippen molar-refractivity contribution >= 4 is 5.91 Å². The smallest absolute Gasteiger partial charge is 0.271 e. The van der Waals surface area contributed by atoms with Crippen molar-refractivity contribution in [2.75, 3.05) is 6.61 Å². The number of amides is 1. The van der Waals surface area contributed by atoms with Gasteiger partial charge in [-0.2, -0.15) is 18.4 Å². The summed E-state index contributed by atoms with van der Waals surface area (Å²) in [6.07, 6.45) is -3.76. The van der Waals surface area contributed by atoms with E-state index >= 15 is 0 Å². The molecule has 78 valence electrons. The van der Waals surface area contributed by atoms with E-state index < -0.39 is 24.1 Å². The summed E-state index contributed by atoms with van der Waals surface area (Å²) in [5.74, 6) is -0.802. The second kappa shape index (κ2) is 3.46. The summed E-state index contributed by atoms with van der Waals surface area (Å²) in [7, 11) is 0. The van der Waals surface area contributed by atoms with Crippen LogP contribution in [-0.4, -0.2) is 18.7 Å². The van der Waals surface area contributed by atoms with Gasteiger partial charge in [0.2, 0.25) is 0 Å². The molecule has 0 aromatic carbocycles. The molecule has 0 saturated heterocycles. The summed E-state index contributed by atoms with van der Waals surface area (Å²) in [5, 5.41) is 8.50. The Labute approximate surface area is 77.6 Å². The lowest BCUT2D eigenvalue weighted by Crippen LogP contribution is -2.34. The fraction of sp³-hybridized carbons (Fsp3) is 0.714. The van der Waals surface area contributed by atoms with Crippen LogP contribution in [0.25, 0.3) is 0 Å². The molecule has 0 heterocycles. The van der Waals surface area contributed by atoms with E-state index in [4.69, 9.17) is 5.26 Å². The van der Waals surface area contributed by atoms with Gasteiger partial charge < -0.3 is 0 Å². The van der Waals surface area contributed by atoms with Crippen LogP contribution in [0.4, 0.5) is 13.2 Å². The molecule has 4 nitrogen and oxygen atoms in total. The number of hydroxylamine groups is 1. The Morgan fingerprint density at radius 1 is 1.57 bits per heavy atom. The van der Waals surface area contributed by atoms with Crippen LogP contribution >= 0.6 is 0 Å². The van der Waals surface area contributed by atoms with Crippen molar-refractivity contribution in [2.24, 2.45) is 5.41 Å². The summed E-state index contributed by atoms with van der Waals surface area (Å²) in [4.78, 5) is 14.9. The molecule has 0 aromatic heterocycles. The predicted molar refractivity (Wildman–Crippen MR) is 37.4 cm³/mol. The molecule has 1 N–H and O–H groups in total. The Kier molecular flexibility index (Phi) is 2.66. The monoisotopic (exact) mass is 208 g/mol. The van der Waals surface area contributed by atoms with Crippen molar-refractivity contribution in [1.82, 2.24) is 5.48 Å². The fourth-order valence-electron chi connectivity index (χ4n) is 0.796. The lowest BCUT2D eigenvalue weighted by molar-refractivity contribution is -0.192. The van der Waals surface area contributed by atoms with Crippen molar-refractivity contribution in [3.8, 4) is 6.07 Å². The van der Waals surface area contributed by atoms with Gasteiger partial charge in [-0.25, -0.2) is 5.48 Å². The summed E-state index contributed by atoms with van der Waals surface area (Å²) in [5.41, 5.74) is 0.450. The zero-order valence-corrected chi connectivity index (χ0v) is 7.02. The number of carbonyl (C=O) groups excluding carboxylic acids is 1. The van der Waals surface area contributed by atoms with Crippen LogP contribution in [0.2, 0.25) is 0 Å². The lowest BCUT2D eigenvalue weighted by atomic mass is 10.1. The number of alkyl halides is 3. The van der Waals surface area contributed by atoms with Gasteiger partial charge in [0.25, 0.3) is 5.91 Å². The Morgan fingerprint density at radius 3 is 2.50 bits per heavy atom. The van der Waals surface area contributed by atoms with Crippen molar-refractivity contribution in [1.29, 1.82) is 5.26 Å². The van der Waals surface area contributed by atoms with Crippen LogP contribution in [-0.2, 0) is 9.63 Å². The van der Waals surface area contributed by atoms with E-state index in [2.05, 4.69) is 4.84 Å². The average Bonchev–Trinajstić information content (AvgIpc) is 2.81. The highest BCUT2D eigenvalue weighted by Crippen LogP contribution is 2.44. The van der Waals surface area contributed by atoms with E-state index in [0.29, 0.717) is 12.8 Å². The standard InChI is InChI=1S/C7H7F3N2O2/c8-7(9,10)4-14-12-5(13)6(3-11)1-2-6/h1-2,4H2,(H,12,13). The maximum absolute atomic E-state index is 11.6. The van der Waals surface area contributed by atoms with Crippen LogP contribution in [0.3, 0.4) is 0 Å². The molecule has 1 aliphatic rings. The quantitative estimate of drug-likeness (QED) is 0.701. The number of nitriles is 1. The van der Waals surface area contributed by atoms with Crippen molar-refractivity contribution in [3.63, 3.8) is 0 Å². The van der Waals surface area contributed by atoms with Gasteiger partial charge in [-0.3, -0.25) is 9.63 Å². The first-order chi connectivity index (χ1) is 6.40. The molecule has 1 saturated carbocycles. The predicted octanol–water partition coefficient (Wildman–Crippen LogP) is 0.900. The molecule has 1 fully saturated rings. The van der Waals surface area contributed by atoms with Gasteiger partial charge in [0.1, 0.15) is 5.41 Å². The molecule has 1 aliphatic carbocycles. The van der Waals surface area contributed by atoms with E-state index in [-0.39, 0.29) is 0 Å². The van der Waals surface area contributed by atoms with E-state index in [9.17, 15) is 18.0 Å². The first kappa shape index (κ1) is 10.8. The van der Waals surface area contributed by atoms with Crippen LogP contribution in [0.5, 0.6) is 0 Å². The first-order valence-corrected chi connectivity index (χ1v) is 3.80. The van der Waals surface area contributed by atoms with E-state index in [1.54, 1.807) is 11.5 Å². The topological polar surface area (TPSA) is 62.1 Å². The largest absolute Gasteiger partial charge is 0.414 e. The molecule has 0 unspecified atom stereocenters. The first-order valence-electron chi connectivity index (χ1n) is 3.80. The van der Waals surface area contributed by atoms with E-state index in [1.807, 2.05) is 0 Å². The zero-order chi connectivity index (χ0) is 10.8. The summed E-state index contributed by atoms with van der Waals surface area (Å²) < 4.78 is 34.7. The van der Waals surface area contributed by atoms with Crippen LogP contribution in [0.1, 0.15) is 12.8 Å². The Morgan fingerprint density at radius 2 is 2.14 bits per heavy atom. The number of nitrogens with one attached hydrogen (secondary N) is 1. The summed E-state index contributed by atoms with van der Waals surface area (Å²) in [6.45, 7) is -1.56. The van der Waals surface area contributed by atoms with Crippen LogP contribution in [0, 0.1) is 16.7 Å². The van der Waals surface area contributed by atoms with Crippen molar-refractivity contribution < 1.29 is 22.8 Å². The molecule has 0 radical (unpaired) electrons. The Bertz CT molecular complexity index is 278. The Hall–Kier alpha value is -1.29. The van der Waals surface area contributed by atoms with Gasteiger partial charge >= 0.3 is 6.18 Å². The van der Waals surface area contributed by atoms with E-state index in [0.717, 1.165) is 0 Å². The maximum Gasteiger partial charge on any atom is 0.414 e. The maximum atomic E-state index is 11.6. The number of nitrogens with zero attached hydrogens (tertiary/aromatic N) is 1. The zero-order valence-electron chi connectivity index (χ0n) is 7.02. The van der Waals surface area contributed by atoms with Gasteiger partial charge in [-0.05, 0) is 12.8 Å². The minimum absolute atomic E-state index is 0.366. The Balaban J connectivity index is 2.27. The third-order valence-corrected chi connectivity index (χ3v) is 1.80. The third-order valence-electron chi connectivity index (χ3n) is 1.80. The SMILES string of the molecule is N#CC1(C(=O)NOCC(F)(F)F)CC1. The lowest BCUT2D eigenvalue weighted by Gasteiger charge is -2.09. The highest BCUT2D eigenvalue weighted by atomic mass is 19.4. The molecule has 0 spiro atoms. The number of hydrogen-bond donors (Lipinski definition) is 1. The van der Waals surface area contributed by atoms with Gasteiger partial charge in [0.05, 0.1) is 6.07 Å². The van der Waals surface area contributed by atoms with Crippen molar-refractivity contribution in [2.45, 2.75) is 19.0 Å². The normalized spacial score (nSPS) is 18.4. The molecule has 0 atom stereocenters. The average molecular weight is 208 g/mol. The van der Waals surface area contributed by atoms with E-state index in [1.165, 1.54) is 0 Å². The molecule has 0 aromatic rings. The molecule has 7 heteroatoms. The van der Waals surface area contributed by atoms with Gasteiger partial charge in [0, 0.05) is 0 Å². The number of carbonyl (C=O) groups is 1. The number of hydrogen-bond acceptors (Lipinski definition) is 3. The molecule has 1 amide bonds. The summed E-state index contributed by atoms with van der Waals surface area (Å²) in [6, 6.07) is 1.73. The number of halogens is 3. The molecule has 1 rings (SSSR count). The van der Waals surface area contributed by atoms with Crippen molar-refractivity contribution in [3.05, 3.63) is 0 Å². The van der Waals surface area contributed by atoms with Gasteiger partial charge in [-0.15, -0.1) is 0 Å². The molecular formula is C7H7F3N2O2. The van der Waals surface area contributed by atoms with Crippen LogP contribution in [0.15, 0.2) is 0 Å². The molecule has 14 heavy (non-hydrogen) atoms. The highest BCUT2D eigenvalue weighted by Gasteiger charge is 2.51. The molecule has 0 aliphatic heterocycles. The minimum Gasteiger partial charge on any atom is -0.271 e. The fourth-order valence-corrected chi connectivity index (χ4v) is 0.796. The van der Waals surface area contributed by atoms with Gasteiger partial charge in [-0.1, -0.05) is 0 Å². The second-order valence-electron chi connectivity index (χ2n) is 3.03. The van der Waals surface area contributed by atoms with Crippen LogP contribution < -0.4 is 5.48 Å².